The number of benzene rings is 1. The zero-order chi connectivity index (χ0) is 13.1. The molecule has 3 N–H and O–H groups in total. The third kappa shape index (κ3) is 2.43. The van der Waals surface area contributed by atoms with E-state index >= 15 is 0 Å². The summed E-state index contributed by atoms with van der Waals surface area (Å²) in [6.07, 6.45) is 0.827. The van der Waals surface area contributed by atoms with Crippen molar-refractivity contribution in [1.29, 1.82) is 0 Å². The minimum atomic E-state index is -0.518. The van der Waals surface area contributed by atoms with E-state index in [0.717, 1.165) is 29.0 Å². The molecule has 0 fully saturated rings. The van der Waals surface area contributed by atoms with Crippen LogP contribution in [0.25, 0.3) is 0 Å². The summed E-state index contributed by atoms with van der Waals surface area (Å²) in [5.41, 5.74) is 3.89. The van der Waals surface area contributed by atoms with Gasteiger partial charge in [-0.1, -0.05) is 6.92 Å². The Morgan fingerprint density at radius 2 is 2.11 bits per heavy atom. The number of rotatable bonds is 4. The van der Waals surface area contributed by atoms with Crippen LogP contribution in [0.4, 0.5) is 8.78 Å². The van der Waals surface area contributed by atoms with Crippen LogP contribution in [0.5, 0.6) is 0 Å². The van der Waals surface area contributed by atoms with Crippen molar-refractivity contribution >= 4 is 11.3 Å². The normalized spacial score (nSPS) is 12.7. The van der Waals surface area contributed by atoms with E-state index in [0.29, 0.717) is 0 Å². The smallest absolute Gasteiger partial charge is 0.128 e. The van der Waals surface area contributed by atoms with Crippen LogP contribution < -0.4 is 11.3 Å². The molecule has 0 aliphatic rings. The van der Waals surface area contributed by atoms with Crippen LogP contribution in [0.2, 0.25) is 0 Å². The summed E-state index contributed by atoms with van der Waals surface area (Å²) in [5.74, 6) is 4.57. The molecule has 0 radical (unpaired) electrons. The molecule has 0 aliphatic heterocycles. The minimum Gasteiger partial charge on any atom is -0.271 e. The number of thiophene rings is 1. The summed E-state index contributed by atoms with van der Waals surface area (Å²) in [6, 6.07) is 4.85. The van der Waals surface area contributed by atoms with Crippen LogP contribution in [-0.4, -0.2) is 0 Å². The van der Waals surface area contributed by atoms with E-state index in [-0.39, 0.29) is 5.56 Å². The number of hydrogen-bond donors (Lipinski definition) is 2. The Hall–Kier alpha value is -1.30. The Labute approximate surface area is 108 Å². The van der Waals surface area contributed by atoms with E-state index in [1.165, 1.54) is 17.4 Å². The van der Waals surface area contributed by atoms with Gasteiger partial charge in [0.25, 0.3) is 0 Å². The fourth-order valence-corrected chi connectivity index (χ4v) is 3.01. The van der Waals surface area contributed by atoms with Gasteiger partial charge < -0.3 is 0 Å². The molecule has 0 aliphatic carbocycles. The molecule has 96 valence electrons. The van der Waals surface area contributed by atoms with Gasteiger partial charge in [-0.15, -0.1) is 11.3 Å². The molecule has 0 saturated heterocycles. The third-order valence-electron chi connectivity index (χ3n) is 2.86. The van der Waals surface area contributed by atoms with E-state index in [1.807, 2.05) is 18.4 Å². The van der Waals surface area contributed by atoms with Crippen molar-refractivity contribution < 1.29 is 8.78 Å². The van der Waals surface area contributed by atoms with Gasteiger partial charge in [-0.25, -0.2) is 14.2 Å². The number of nitrogens with one attached hydrogen (secondary N) is 1. The van der Waals surface area contributed by atoms with Crippen molar-refractivity contribution in [1.82, 2.24) is 5.43 Å². The zero-order valence-corrected chi connectivity index (χ0v) is 10.7. The lowest BCUT2D eigenvalue weighted by Crippen LogP contribution is -2.29. The Balaban J connectivity index is 2.48. The van der Waals surface area contributed by atoms with Crippen LogP contribution in [0.15, 0.2) is 29.6 Å². The topological polar surface area (TPSA) is 38.0 Å². The first-order valence-corrected chi connectivity index (χ1v) is 6.52. The van der Waals surface area contributed by atoms with Gasteiger partial charge in [0.05, 0.1) is 6.04 Å². The Bertz CT molecular complexity index is 540. The first-order valence-electron chi connectivity index (χ1n) is 5.64. The first kappa shape index (κ1) is 13.1. The van der Waals surface area contributed by atoms with Crippen LogP contribution in [0.1, 0.15) is 29.0 Å². The van der Waals surface area contributed by atoms with Crippen LogP contribution in [-0.2, 0) is 6.42 Å². The second-order valence-electron chi connectivity index (χ2n) is 3.93. The summed E-state index contributed by atoms with van der Waals surface area (Å²) in [7, 11) is 0. The van der Waals surface area contributed by atoms with Crippen molar-refractivity contribution in [3.63, 3.8) is 0 Å². The molecule has 0 bridgehead atoms. The Kier molecular flexibility index (Phi) is 4.06. The molecule has 18 heavy (non-hydrogen) atoms. The van der Waals surface area contributed by atoms with E-state index in [9.17, 15) is 8.78 Å². The number of hydrazine groups is 1. The maximum absolute atomic E-state index is 13.8. The monoisotopic (exact) mass is 268 g/mol. The predicted molar refractivity (Wildman–Crippen MR) is 69.2 cm³/mol. The van der Waals surface area contributed by atoms with Crippen molar-refractivity contribution in [2.45, 2.75) is 19.4 Å². The second-order valence-corrected chi connectivity index (χ2v) is 4.88. The molecule has 1 aromatic carbocycles. The highest BCUT2D eigenvalue weighted by molar-refractivity contribution is 7.10. The van der Waals surface area contributed by atoms with E-state index in [1.54, 1.807) is 0 Å². The average Bonchev–Trinajstić information content (AvgIpc) is 2.83. The van der Waals surface area contributed by atoms with Gasteiger partial charge >= 0.3 is 0 Å². The van der Waals surface area contributed by atoms with Gasteiger partial charge in [-0.05, 0) is 41.6 Å². The summed E-state index contributed by atoms with van der Waals surface area (Å²) >= 11 is 1.48. The van der Waals surface area contributed by atoms with Crippen molar-refractivity contribution in [3.05, 3.63) is 57.3 Å². The lowest BCUT2D eigenvalue weighted by atomic mass is 10.0. The van der Waals surface area contributed by atoms with E-state index in [4.69, 9.17) is 5.84 Å². The van der Waals surface area contributed by atoms with Crippen molar-refractivity contribution in [2.24, 2.45) is 5.84 Å². The number of aryl methyl sites for hydroxylation is 1. The highest BCUT2D eigenvalue weighted by Crippen LogP contribution is 2.31. The summed E-state index contributed by atoms with van der Waals surface area (Å²) in [6.45, 7) is 2.01. The molecule has 1 aromatic heterocycles. The molecular weight excluding hydrogens is 254 g/mol. The van der Waals surface area contributed by atoms with Gasteiger partial charge in [-0.2, -0.15) is 0 Å². The maximum Gasteiger partial charge on any atom is 0.128 e. The lowest BCUT2D eigenvalue weighted by molar-refractivity contribution is 0.547. The molecule has 0 saturated carbocycles. The quantitative estimate of drug-likeness (QED) is 0.660. The molecule has 1 unspecified atom stereocenters. The molecule has 0 spiro atoms. The van der Waals surface area contributed by atoms with E-state index in [2.05, 4.69) is 5.43 Å². The standard InChI is InChI=1S/C13H14F2N2S/c1-2-8-5-6-18-13(8)12(17-16)10-7-9(14)3-4-11(10)15/h3-7,12,17H,2,16H2,1H3. The Morgan fingerprint density at radius 1 is 1.33 bits per heavy atom. The zero-order valence-electron chi connectivity index (χ0n) is 9.91. The highest BCUT2D eigenvalue weighted by atomic mass is 32.1. The average molecular weight is 268 g/mol. The SMILES string of the molecule is CCc1ccsc1C(NN)c1cc(F)ccc1F. The molecule has 1 heterocycles. The van der Waals surface area contributed by atoms with Gasteiger partial charge in [0.15, 0.2) is 0 Å². The molecule has 0 amide bonds. The molecule has 2 aromatic rings. The third-order valence-corrected chi connectivity index (χ3v) is 3.88. The molecule has 5 heteroatoms. The van der Waals surface area contributed by atoms with Gasteiger partial charge in [0, 0.05) is 10.4 Å². The van der Waals surface area contributed by atoms with Crippen LogP contribution in [0.3, 0.4) is 0 Å². The maximum atomic E-state index is 13.8. The summed E-state index contributed by atoms with van der Waals surface area (Å²) < 4.78 is 27.0. The van der Waals surface area contributed by atoms with Crippen molar-refractivity contribution in [3.8, 4) is 0 Å². The molecular formula is C13H14F2N2S. The summed E-state index contributed by atoms with van der Waals surface area (Å²) in [5, 5.41) is 1.93. The number of hydrogen-bond acceptors (Lipinski definition) is 3. The lowest BCUT2D eigenvalue weighted by Gasteiger charge is -2.17. The molecule has 2 nitrogen and oxygen atoms in total. The van der Waals surface area contributed by atoms with Crippen molar-refractivity contribution in [2.75, 3.05) is 0 Å². The van der Waals surface area contributed by atoms with Crippen LogP contribution >= 0.6 is 11.3 Å². The van der Waals surface area contributed by atoms with Gasteiger partial charge in [-0.3, -0.25) is 5.84 Å². The van der Waals surface area contributed by atoms with Gasteiger partial charge in [0.2, 0.25) is 0 Å². The fraction of sp³-hybridized carbons (Fsp3) is 0.231. The number of halogens is 2. The van der Waals surface area contributed by atoms with E-state index < -0.39 is 17.7 Å². The minimum absolute atomic E-state index is 0.231. The summed E-state index contributed by atoms with van der Waals surface area (Å²) in [4.78, 5) is 0.921. The predicted octanol–water partition coefficient (Wildman–Crippen LogP) is 3.14. The second kappa shape index (κ2) is 5.56. The largest absolute Gasteiger partial charge is 0.271 e. The molecule has 2 rings (SSSR count). The molecule has 1 atom stereocenters. The fourth-order valence-electron chi connectivity index (χ4n) is 1.94. The van der Waals surface area contributed by atoms with Crippen LogP contribution in [0, 0.1) is 11.6 Å². The van der Waals surface area contributed by atoms with Gasteiger partial charge in [0.1, 0.15) is 11.6 Å². The number of nitrogens with two attached hydrogens (primary N) is 1. The first-order chi connectivity index (χ1) is 8.67. The Morgan fingerprint density at radius 3 is 2.78 bits per heavy atom. The highest BCUT2D eigenvalue weighted by Gasteiger charge is 2.20.